The monoisotopic (exact) mass is 874 g/mol. The quantitative estimate of drug-likeness (QED) is 0.160. The maximum atomic E-state index is 13.5. The molecule has 6 N–H and O–H groups in total. The molecule has 2 aromatic carbocycles. The lowest BCUT2D eigenvalue weighted by molar-refractivity contribution is 0.530. The average molecular weight is 876 g/mol. The first-order valence-electron chi connectivity index (χ1n) is 21.5. The number of aromatic amines is 2. The van der Waals surface area contributed by atoms with Gasteiger partial charge in [0, 0.05) is 122 Å². The van der Waals surface area contributed by atoms with E-state index < -0.39 is 0 Å². The fourth-order valence-electron chi connectivity index (χ4n) is 10.8. The zero-order valence-corrected chi connectivity index (χ0v) is 36.5. The number of nitrogens with one attached hydrogen (secondary N) is 2. The first-order valence-corrected chi connectivity index (χ1v) is 22.2. The second-order valence-electron chi connectivity index (χ2n) is 17.4. The number of aryl methyl sites for hydroxylation is 2. The zero-order valence-electron chi connectivity index (χ0n) is 34.9. The van der Waals surface area contributed by atoms with Gasteiger partial charge in [0.1, 0.15) is 11.3 Å². The lowest BCUT2D eigenvalue weighted by Gasteiger charge is -2.29. The molecule has 12 rings (SSSR count). The second-order valence-corrected chi connectivity index (χ2v) is 18.1. The van der Waals surface area contributed by atoms with Crippen LogP contribution in [-0.2, 0) is 27.2 Å². The number of benzene rings is 2. The van der Waals surface area contributed by atoms with Gasteiger partial charge in [0.2, 0.25) is 11.9 Å². The van der Waals surface area contributed by atoms with Crippen molar-refractivity contribution in [3.63, 3.8) is 0 Å². The Bertz CT molecular complexity index is 3020. The predicted molar refractivity (Wildman–Crippen MR) is 245 cm³/mol. The molecule has 2 aliphatic carbocycles. The van der Waals surface area contributed by atoms with E-state index in [0.29, 0.717) is 55.8 Å². The highest BCUT2D eigenvalue weighted by atomic mass is 35.5. The van der Waals surface area contributed by atoms with E-state index in [0.717, 1.165) is 95.9 Å². The number of hydrogen-bond acceptors (Lipinski definition) is 10. The van der Waals surface area contributed by atoms with Gasteiger partial charge in [0.05, 0.1) is 31.9 Å². The fourth-order valence-corrected chi connectivity index (χ4v) is 11.4. The molecule has 16 nitrogen and oxygen atoms in total. The molecular formula is C44H48Cl2N14O2. The molecule has 4 bridgehead atoms. The molecule has 6 atom stereocenters. The van der Waals surface area contributed by atoms with Crippen LogP contribution in [0.25, 0.3) is 66.1 Å². The van der Waals surface area contributed by atoms with Gasteiger partial charge >= 0.3 is 0 Å². The molecule has 8 heterocycles. The molecule has 4 aliphatic rings. The van der Waals surface area contributed by atoms with E-state index >= 15 is 0 Å². The topological polar surface area (TPSA) is 196 Å². The van der Waals surface area contributed by atoms with Crippen LogP contribution in [0.1, 0.15) is 39.5 Å². The highest BCUT2D eigenvalue weighted by molar-refractivity contribution is 6.39. The Kier molecular flexibility index (Phi) is 9.13. The van der Waals surface area contributed by atoms with Crippen LogP contribution < -0.4 is 32.4 Å². The Morgan fingerprint density at radius 2 is 1.06 bits per heavy atom. The van der Waals surface area contributed by atoms with Gasteiger partial charge in [-0.3, -0.25) is 28.1 Å². The van der Waals surface area contributed by atoms with Gasteiger partial charge in [-0.1, -0.05) is 35.3 Å². The van der Waals surface area contributed by atoms with E-state index in [9.17, 15) is 9.59 Å². The molecule has 320 valence electrons. The van der Waals surface area contributed by atoms with Gasteiger partial charge in [0.25, 0.3) is 11.1 Å². The Labute approximate surface area is 365 Å². The summed E-state index contributed by atoms with van der Waals surface area (Å²) in [5.41, 5.74) is 18.5. The van der Waals surface area contributed by atoms with Gasteiger partial charge in [-0.25, -0.2) is 0 Å². The van der Waals surface area contributed by atoms with Crippen LogP contribution in [0.15, 0.2) is 58.6 Å². The molecule has 0 spiro atoms. The molecule has 18 heteroatoms. The highest BCUT2D eigenvalue weighted by Gasteiger charge is 2.47. The molecule has 8 aromatic rings. The van der Waals surface area contributed by atoms with Crippen LogP contribution >= 0.6 is 23.2 Å². The Morgan fingerprint density at radius 3 is 1.42 bits per heavy atom. The van der Waals surface area contributed by atoms with Crippen molar-refractivity contribution < 1.29 is 0 Å². The molecule has 0 unspecified atom stereocenters. The third kappa shape index (κ3) is 5.72. The van der Waals surface area contributed by atoms with Gasteiger partial charge in [0.15, 0.2) is 0 Å². The largest absolute Gasteiger partial charge is 0.345 e. The summed E-state index contributed by atoms with van der Waals surface area (Å²) in [5, 5.41) is 13.1. The number of hydrogen-bond donors (Lipinski definition) is 4. The lowest BCUT2D eigenvalue weighted by atomic mass is 10.0. The first-order chi connectivity index (χ1) is 29.9. The molecule has 62 heavy (non-hydrogen) atoms. The van der Waals surface area contributed by atoms with Crippen molar-refractivity contribution in [2.45, 2.75) is 76.8 Å². The average Bonchev–Trinajstić information content (AvgIpc) is 4.17. The van der Waals surface area contributed by atoms with Crippen molar-refractivity contribution in [2.24, 2.45) is 37.4 Å². The number of anilines is 2. The standard InChI is InChI=1S/2C22H24ClN7O/c2*1-3-29-10-14-15(27-29)6-5-12(18(14)23)13-8-25-20-17(13)21(31)28(2)22(26-20)30-9-11-4-7-16(30)19(11)24/h2*5-6,8,10-11,16,19,25H,3-4,7,9,24H2,1-2H3/t2*11-,16-,19-/m10/s1. The van der Waals surface area contributed by atoms with Gasteiger partial charge in [-0.05, 0) is 63.5 Å². The molecular weight excluding hydrogens is 827 g/mol. The molecule has 2 saturated carbocycles. The van der Waals surface area contributed by atoms with Crippen molar-refractivity contribution >= 4 is 79.0 Å². The molecule has 4 fully saturated rings. The van der Waals surface area contributed by atoms with E-state index in [1.807, 2.05) is 72.3 Å². The predicted octanol–water partition coefficient (Wildman–Crippen LogP) is 5.76. The first kappa shape index (κ1) is 39.2. The van der Waals surface area contributed by atoms with Crippen LogP contribution in [-0.4, -0.2) is 85.9 Å². The van der Waals surface area contributed by atoms with Gasteiger partial charge < -0.3 is 31.2 Å². The SMILES string of the molecule is CCn1cc2c(Cl)c(-c3c[nH]c4nc(N5C[C@@H]6CC[C@H]5[C@H]6N)n(C)c(=O)c34)ccc2n1.CCn1cc2c(Cl)c(-c3c[nH]c4nc(N5C[C@H]6CC[C@@H]5[C@@H]6N)n(C)c(=O)c34)ccc2n1. The minimum atomic E-state index is -0.0898. The fraction of sp³-hybridized carbons (Fsp3) is 0.409. The van der Waals surface area contributed by atoms with Crippen LogP contribution in [0, 0.1) is 11.8 Å². The maximum absolute atomic E-state index is 13.5. The normalized spacial score (nSPS) is 23.0. The van der Waals surface area contributed by atoms with Crippen LogP contribution in [0.4, 0.5) is 11.9 Å². The van der Waals surface area contributed by atoms with Crippen LogP contribution in [0.3, 0.4) is 0 Å². The number of H-pyrrole nitrogens is 2. The summed E-state index contributed by atoms with van der Waals surface area (Å²) in [7, 11) is 3.57. The van der Waals surface area contributed by atoms with E-state index in [1.54, 1.807) is 23.2 Å². The number of piperidine rings is 2. The molecule has 2 aliphatic heterocycles. The van der Waals surface area contributed by atoms with Crippen molar-refractivity contribution in [2.75, 3.05) is 22.9 Å². The Hall–Kier alpha value is -5.68. The minimum Gasteiger partial charge on any atom is -0.345 e. The van der Waals surface area contributed by atoms with Crippen LogP contribution in [0.2, 0.25) is 10.0 Å². The summed E-state index contributed by atoms with van der Waals surface area (Å²) in [6.07, 6.45) is 11.9. The summed E-state index contributed by atoms with van der Waals surface area (Å²) in [5.74, 6) is 2.32. The number of fused-ring (bicyclic) bond motifs is 8. The summed E-state index contributed by atoms with van der Waals surface area (Å²) in [6, 6.07) is 8.54. The van der Waals surface area contributed by atoms with Gasteiger partial charge in [-0.2, -0.15) is 20.2 Å². The van der Waals surface area contributed by atoms with Crippen molar-refractivity contribution in [1.82, 2.24) is 48.6 Å². The molecule has 0 amide bonds. The molecule has 2 saturated heterocycles. The molecule has 6 aromatic heterocycles. The number of nitrogens with zero attached hydrogens (tertiary/aromatic N) is 10. The smallest absolute Gasteiger partial charge is 0.264 e. The van der Waals surface area contributed by atoms with E-state index in [4.69, 9.17) is 44.6 Å². The zero-order chi connectivity index (χ0) is 42.9. The summed E-state index contributed by atoms with van der Waals surface area (Å²) < 4.78 is 7.01. The Balaban J connectivity index is 0.000000139. The van der Waals surface area contributed by atoms with E-state index in [1.165, 1.54) is 0 Å². The summed E-state index contributed by atoms with van der Waals surface area (Å²) in [6.45, 7) is 7.31. The number of nitrogens with two attached hydrogens (primary N) is 2. The van der Waals surface area contributed by atoms with Gasteiger partial charge in [-0.15, -0.1) is 0 Å². The third-order valence-electron chi connectivity index (χ3n) is 14.2. The minimum absolute atomic E-state index is 0.0898. The van der Waals surface area contributed by atoms with Crippen molar-refractivity contribution in [3.8, 4) is 22.3 Å². The van der Waals surface area contributed by atoms with Crippen LogP contribution in [0.5, 0.6) is 0 Å². The summed E-state index contributed by atoms with van der Waals surface area (Å²) in [4.78, 5) is 47.4. The second kappa shape index (κ2) is 14.4. The highest BCUT2D eigenvalue weighted by Crippen LogP contribution is 2.42. The summed E-state index contributed by atoms with van der Waals surface area (Å²) >= 11 is 13.5. The Morgan fingerprint density at radius 1 is 0.645 bits per heavy atom. The molecule has 0 radical (unpaired) electrons. The van der Waals surface area contributed by atoms with Crippen molar-refractivity contribution in [1.29, 1.82) is 0 Å². The van der Waals surface area contributed by atoms with E-state index in [-0.39, 0.29) is 35.3 Å². The number of rotatable bonds is 6. The maximum Gasteiger partial charge on any atom is 0.264 e. The number of aromatic nitrogens is 10. The van der Waals surface area contributed by atoms with E-state index in [2.05, 4.69) is 30.0 Å². The third-order valence-corrected chi connectivity index (χ3v) is 15.0. The number of halogens is 2. The van der Waals surface area contributed by atoms with Crippen molar-refractivity contribution in [3.05, 3.63) is 79.8 Å². The lowest BCUT2D eigenvalue weighted by Crippen LogP contribution is -2.40.